The normalized spacial score (nSPS) is 19.2. The highest BCUT2D eigenvalue weighted by atomic mass is 16.3. The first-order valence-corrected chi connectivity index (χ1v) is 9.40. The molecule has 0 saturated heterocycles. The van der Waals surface area contributed by atoms with E-state index in [0.717, 1.165) is 36.9 Å². The number of carbonyl (C=O) groups excluding carboxylic acids is 1. The third-order valence-corrected chi connectivity index (χ3v) is 4.83. The third-order valence-electron chi connectivity index (χ3n) is 4.83. The van der Waals surface area contributed by atoms with Crippen LogP contribution >= 0.6 is 0 Å². The van der Waals surface area contributed by atoms with E-state index < -0.39 is 0 Å². The van der Waals surface area contributed by atoms with E-state index >= 15 is 0 Å². The Morgan fingerprint density at radius 1 is 1.27 bits per heavy atom. The van der Waals surface area contributed by atoms with Gasteiger partial charge in [0.05, 0.1) is 0 Å². The maximum absolute atomic E-state index is 11.9. The van der Waals surface area contributed by atoms with Crippen molar-refractivity contribution in [2.75, 3.05) is 20.1 Å². The topological polar surface area (TPSA) is 45.5 Å². The van der Waals surface area contributed by atoms with Crippen LogP contribution in [0.25, 0.3) is 6.08 Å². The molecule has 2 aromatic rings. The van der Waals surface area contributed by atoms with Crippen LogP contribution in [0.5, 0.6) is 0 Å². The summed E-state index contributed by atoms with van der Waals surface area (Å²) in [6.07, 6.45) is 5.42. The van der Waals surface area contributed by atoms with Crippen LogP contribution in [0.15, 0.2) is 53.0 Å². The molecule has 4 nitrogen and oxygen atoms in total. The van der Waals surface area contributed by atoms with Crippen molar-refractivity contribution in [3.63, 3.8) is 0 Å². The van der Waals surface area contributed by atoms with Crippen molar-refractivity contribution < 1.29 is 9.21 Å². The van der Waals surface area contributed by atoms with E-state index in [2.05, 4.69) is 48.5 Å². The lowest BCUT2D eigenvalue weighted by Crippen LogP contribution is -2.26. The van der Waals surface area contributed by atoms with Crippen LogP contribution in [-0.2, 0) is 11.3 Å². The van der Waals surface area contributed by atoms with Gasteiger partial charge in [-0.25, -0.2) is 0 Å². The zero-order chi connectivity index (χ0) is 18.4. The molecule has 4 heteroatoms. The van der Waals surface area contributed by atoms with Crippen molar-refractivity contribution >= 4 is 12.0 Å². The molecule has 0 radical (unpaired) electrons. The van der Waals surface area contributed by atoms with Crippen molar-refractivity contribution in [3.05, 3.63) is 65.6 Å². The molecule has 0 spiro atoms. The van der Waals surface area contributed by atoms with Gasteiger partial charge in [0.2, 0.25) is 5.91 Å². The largest absolute Gasteiger partial charge is 0.461 e. The van der Waals surface area contributed by atoms with E-state index in [1.165, 1.54) is 12.0 Å². The molecule has 1 aliphatic carbocycles. The Bertz CT molecular complexity index is 736. The van der Waals surface area contributed by atoms with E-state index in [1.54, 1.807) is 12.2 Å². The van der Waals surface area contributed by atoms with Crippen molar-refractivity contribution in [1.29, 1.82) is 0 Å². The van der Waals surface area contributed by atoms with Gasteiger partial charge in [-0.05, 0) is 56.1 Å². The van der Waals surface area contributed by atoms with Gasteiger partial charge in [0.1, 0.15) is 11.5 Å². The van der Waals surface area contributed by atoms with Crippen LogP contribution in [0, 0.1) is 5.92 Å². The SMILES string of the molecule is CC1CC1c1ccc(C=CC(=O)NCCCN(C)Cc2ccccc2)o1. The standard InChI is InChI=1S/C22H28N2O2/c1-17-15-20(17)21-11-9-19(26-21)10-12-22(25)23-13-6-14-24(2)16-18-7-4-3-5-8-18/h3-5,7-12,17,20H,6,13-16H2,1-2H3,(H,23,25). The second-order valence-electron chi connectivity index (χ2n) is 7.26. The number of benzene rings is 1. The lowest BCUT2D eigenvalue weighted by Gasteiger charge is -2.16. The fourth-order valence-corrected chi connectivity index (χ4v) is 3.13. The number of nitrogens with zero attached hydrogens (tertiary/aromatic N) is 1. The molecular formula is C22H28N2O2. The number of furan rings is 1. The minimum Gasteiger partial charge on any atom is -0.461 e. The average molecular weight is 352 g/mol. The molecule has 1 heterocycles. The van der Waals surface area contributed by atoms with E-state index in [4.69, 9.17) is 4.42 Å². The summed E-state index contributed by atoms with van der Waals surface area (Å²) < 4.78 is 5.77. The molecule has 1 aliphatic rings. The first kappa shape index (κ1) is 18.5. The highest BCUT2D eigenvalue weighted by molar-refractivity contribution is 5.91. The lowest BCUT2D eigenvalue weighted by atomic mass is 10.2. The molecule has 0 aliphatic heterocycles. The van der Waals surface area contributed by atoms with Crippen LogP contribution in [0.2, 0.25) is 0 Å². The Kier molecular flexibility index (Phi) is 6.29. The summed E-state index contributed by atoms with van der Waals surface area (Å²) in [4.78, 5) is 14.2. The van der Waals surface area contributed by atoms with Crippen molar-refractivity contribution in [3.8, 4) is 0 Å². The van der Waals surface area contributed by atoms with Gasteiger partial charge in [-0.3, -0.25) is 4.79 Å². The average Bonchev–Trinajstić information content (AvgIpc) is 3.18. The molecule has 0 bridgehead atoms. The number of nitrogens with one attached hydrogen (secondary N) is 1. The summed E-state index contributed by atoms with van der Waals surface area (Å²) in [6.45, 7) is 4.77. The van der Waals surface area contributed by atoms with Crippen molar-refractivity contribution in [1.82, 2.24) is 10.2 Å². The summed E-state index contributed by atoms with van der Waals surface area (Å²) >= 11 is 0. The molecule has 2 atom stereocenters. The number of carbonyl (C=O) groups is 1. The number of hydrogen-bond acceptors (Lipinski definition) is 3. The number of rotatable bonds is 9. The Balaban J connectivity index is 1.32. The first-order valence-electron chi connectivity index (χ1n) is 9.40. The van der Waals surface area contributed by atoms with E-state index in [9.17, 15) is 4.79 Å². The van der Waals surface area contributed by atoms with Crippen LogP contribution < -0.4 is 5.32 Å². The zero-order valence-electron chi connectivity index (χ0n) is 15.7. The summed E-state index contributed by atoms with van der Waals surface area (Å²) in [5.41, 5.74) is 1.31. The minimum atomic E-state index is -0.0755. The summed E-state index contributed by atoms with van der Waals surface area (Å²) in [5.74, 6) is 3.00. The zero-order valence-corrected chi connectivity index (χ0v) is 15.7. The second-order valence-corrected chi connectivity index (χ2v) is 7.26. The molecule has 1 N–H and O–H groups in total. The van der Waals surface area contributed by atoms with Gasteiger partial charge in [-0.15, -0.1) is 0 Å². The van der Waals surface area contributed by atoms with Gasteiger partial charge in [-0.2, -0.15) is 0 Å². The fraction of sp³-hybridized carbons (Fsp3) is 0.409. The Morgan fingerprint density at radius 3 is 2.77 bits per heavy atom. The molecule has 138 valence electrons. The van der Waals surface area contributed by atoms with Crippen LogP contribution in [0.1, 0.15) is 42.8 Å². The smallest absolute Gasteiger partial charge is 0.244 e. The summed E-state index contributed by atoms with van der Waals surface area (Å²) in [5, 5.41) is 2.93. The maximum Gasteiger partial charge on any atom is 0.244 e. The van der Waals surface area contributed by atoms with Gasteiger partial charge >= 0.3 is 0 Å². The Hall–Kier alpha value is -2.33. The van der Waals surface area contributed by atoms with Gasteiger partial charge in [0, 0.05) is 25.1 Å². The van der Waals surface area contributed by atoms with Gasteiger partial charge in [0.25, 0.3) is 0 Å². The van der Waals surface area contributed by atoms with Crippen LogP contribution in [0.4, 0.5) is 0 Å². The molecular weight excluding hydrogens is 324 g/mol. The predicted molar refractivity (Wildman–Crippen MR) is 105 cm³/mol. The monoisotopic (exact) mass is 352 g/mol. The molecule has 1 aromatic heterocycles. The van der Waals surface area contributed by atoms with E-state index in [-0.39, 0.29) is 5.91 Å². The quantitative estimate of drug-likeness (QED) is 0.547. The summed E-state index contributed by atoms with van der Waals surface area (Å²) in [6, 6.07) is 14.4. The van der Waals surface area contributed by atoms with Crippen molar-refractivity contribution in [2.24, 2.45) is 5.92 Å². The highest BCUT2D eigenvalue weighted by Crippen LogP contribution is 2.47. The molecule has 2 unspecified atom stereocenters. The molecule has 1 amide bonds. The fourth-order valence-electron chi connectivity index (χ4n) is 3.13. The minimum absolute atomic E-state index is 0.0755. The highest BCUT2D eigenvalue weighted by Gasteiger charge is 2.36. The van der Waals surface area contributed by atoms with Crippen molar-refractivity contribution in [2.45, 2.75) is 32.2 Å². The van der Waals surface area contributed by atoms with Crippen LogP contribution in [0.3, 0.4) is 0 Å². The third kappa shape index (κ3) is 5.60. The number of hydrogen-bond donors (Lipinski definition) is 1. The molecule has 26 heavy (non-hydrogen) atoms. The molecule has 1 fully saturated rings. The Labute approximate surface area is 155 Å². The Morgan fingerprint density at radius 2 is 2.04 bits per heavy atom. The van der Waals surface area contributed by atoms with Gasteiger partial charge in [0.15, 0.2) is 0 Å². The predicted octanol–water partition coefficient (Wildman–Crippen LogP) is 4.05. The van der Waals surface area contributed by atoms with E-state index in [1.807, 2.05) is 18.2 Å². The van der Waals surface area contributed by atoms with Gasteiger partial charge < -0.3 is 14.6 Å². The van der Waals surface area contributed by atoms with Gasteiger partial charge in [-0.1, -0.05) is 37.3 Å². The summed E-state index contributed by atoms with van der Waals surface area (Å²) in [7, 11) is 2.10. The number of amides is 1. The maximum atomic E-state index is 11.9. The molecule has 1 aromatic carbocycles. The second kappa shape index (κ2) is 8.86. The van der Waals surface area contributed by atoms with E-state index in [0.29, 0.717) is 12.5 Å². The molecule has 1 saturated carbocycles. The lowest BCUT2D eigenvalue weighted by molar-refractivity contribution is -0.116. The molecule has 3 rings (SSSR count). The van der Waals surface area contributed by atoms with Crippen LogP contribution in [-0.4, -0.2) is 30.9 Å². The first-order chi connectivity index (χ1) is 12.6.